The van der Waals surface area contributed by atoms with Crippen LogP contribution in [0.3, 0.4) is 0 Å². The third-order valence-corrected chi connectivity index (χ3v) is 2.23. The second kappa shape index (κ2) is 5.28. The number of H-pyrrole nitrogens is 1. The van der Waals surface area contributed by atoms with Crippen molar-refractivity contribution >= 4 is 5.91 Å². The lowest BCUT2D eigenvalue weighted by atomic mass is 10.1. The number of nitrogens with zero attached hydrogens (tertiary/aromatic N) is 2. The molecule has 1 aromatic heterocycles. The van der Waals surface area contributed by atoms with Gasteiger partial charge in [-0.05, 0) is 12.1 Å². The Kier molecular flexibility index (Phi) is 3.54. The quantitative estimate of drug-likeness (QED) is 0.752. The Labute approximate surface area is 103 Å². The lowest BCUT2D eigenvalue weighted by Gasteiger charge is -2.05. The van der Waals surface area contributed by atoms with Crippen LogP contribution >= 0.6 is 0 Å². The van der Waals surface area contributed by atoms with Crippen molar-refractivity contribution in [2.45, 2.75) is 0 Å². The second-order valence-corrected chi connectivity index (χ2v) is 3.46. The summed E-state index contributed by atoms with van der Waals surface area (Å²) in [5, 5.41) is 9.99. The number of ether oxygens (including phenoxy) is 2. The fraction of sp³-hybridized carbons (Fsp3) is 0.182. The molecule has 3 N–H and O–H groups in total. The number of benzene rings is 1. The number of carbonyl (C=O) groups is 1. The summed E-state index contributed by atoms with van der Waals surface area (Å²) in [6, 6.07) is 7.06. The predicted octanol–water partition coefficient (Wildman–Crippen LogP) is 0.553. The molecule has 94 valence electrons. The first-order chi connectivity index (χ1) is 8.72. The van der Waals surface area contributed by atoms with Crippen LogP contribution in [0.25, 0.3) is 11.3 Å². The molecule has 0 unspecified atom stereocenters. The monoisotopic (exact) mass is 248 g/mol. The highest BCUT2D eigenvalue weighted by Gasteiger charge is 2.15. The molecule has 0 spiro atoms. The topological polar surface area (TPSA) is 103 Å². The lowest BCUT2D eigenvalue weighted by Crippen LogP contribution is -2.12. The van der Waals surface area contributed by atoms with E-state index in [2.05, 4.69) is 15.4 Å². The van der Waals surface area contributed by atoms with Crippen molar-refractivity contribution in [3.63, 3.8) is 0 Å². The third-order valence-electron chi connectivity index (χ3n) is 2.23. The van der Waals surface area contributed by atoms with Crippen LogP contribution in [0.1, 0.15) is 10.5 Å². The minimum Gasteiger partial charge on any atom is -0.468 e. The lowest BCUT2D eigenvalue weighted by molar-refractivity contribution is 0.0511. The van der Waals surface area contributed by atoms with Crippen LogP contribution in [0.2, 0.25) is 0 Å². The van der Waals surface area contributed by atoms with Gasteiger partial charge >= 0.3 is 0 Å². The second-order valence-electron chi connectivity index (χ2n) is 3.46. The van der Waals surface area contributed by atoms with Crippen LogP contribution in [0, 0.1) is 0 Å². The van der Waals surface area contributed by atoms with Crippen LogP contribution in [-0.2, 0) is 4.74 Å². The van der Waals surface area contributed by atoms with Gasteiger partial charge in [-0.3, -0.25) is 4.79 Å². The van der Waals surface area contributed by atoms with Gasteiger partial charge in [-0.25, -0.2) is 0 Å². The number of nitrogens with two attached hydrogens (primary N) is 1. The number of hydrogen-bond donors (Lipinski definition) is 2. The molecule has 7 heteroatoms. The zero-order valence-electron chi connectivity index (χ0n) is 9.71. The van der Waals surface area contributed by atoms with E-state index < -0.39 is 5.91 Å². The molecule has 0 fully saturated rings. The molecule has 1 aromatic carbocycles. The van der Waals surface area contributed by atoms with Gasteiger partial charge in [0.1, 0.15) is 11.4 Å². The summed E-state index contributed by atoms with van der Waals surface area (Å²) in [5.41, 5.74) is 6.38. The zero-order chi connectivity index (χ0) is 13.0. The fourth-order valence-electron chi connectivity index (χ4n) is 1.46. The molecule has 1 heterocycles. The van der Waals surface area contributed by atoms with Gasteiger partial charge in [0.25, 0.3) is 5.91 Å². The highest BCUT2D eigenvalue weighted by atomic mass is 16.7. The van der Waals surface area contributed by atoms with Crippen molar-refractivity contribution in [2.75, 3.05) is 13.9 Å². The summed E-state index contributed by atoms with van der Waals surface area (Å²) in [5.74, 6) is -0.0327. The molecule has 1 amide bonds. The molecule has 0 radical (unpaired) electrons. The van der Waals surface area contributed by atoms with Crippen LogP contribution in [-0.4, -0.2) is 35.2 Å². The number of rotatable bonds is 5. The highest BCUT2D eigenvalue weighted by Crippen LogP contribution is 2.23. The maximum atomic E-state index is 11.2. The van der Waals surface area contributed by atoms with Crippen LogP contribution in [0.15, 0.2) is 24.3 Å². The Morgan fingerprint density at radius 2 is 2.28 bits per heavy atom. The van der Waals surface area contributed by atoms with Gasteiger partial charge in [0, 0.05) is 12.7 Å². The van der Waals surface area contributed by atoms with E-state index in [1.807, 2.05) is 0 Å². The summed E-state index contributed by atoms with van der Waals surface area (Å²) in [7, 11) is 1.53. The van der Waals surface area contributed by atoms with E-state index in [4.69, 9.17) is 15.2 Å². The van der Waals surface area contributed by atoms with Gasteiger partial charge in [0.15, 0.2) is 12.5 Å². The first kappa shape index (κ1) is 12.1. The SMILES string of the molecule is COCOc1cccc(-c2n[nH]nc2C(N)=O)c1. The summed E-state index contributed by atoms with van der Waals surface area (Å²) < 4.78 is 10.1. The molecular formula is C11H12N4O3. The molecule has 0 atom stereocenters. The number of amides is 1. The molecule has 2 rings (SSSR count). The summed E-state index contributed by atoms with van der Waals surface area (Å²) in [6.07, 6.45) is 0. The molecule has 0 aliphatic heterocycles. The van der Waals surface area contributed by atoms with E-state index in [1.165, 1.54) is 7.11 Å². The Morgan fingerprint density at radius 3 is 3.00 bits per heavy atom. The number of aromatic amines is 1. The molecule has 18 heavy (non-hydrogen) atoms. The van der Waals surface area contributed by atoms with Crippen LogP contribution in [0.5, 0.6) is 5.75 Å². The Bertz CT molecular complexity index is 553. The maximum absolute atomic E-state index is 11.2. The van der Waals surface area contributed by atoms with E-state index in [9.17, 15) is 4.79 Å². The largest absolute Gasteiger partial charge is 0.468 e. The van der Waals surface area contributed by atoms with Gasteiger partial charge in [-0.2, -0.15) is 15.4 Å². The van der Waals surface area contributed by atoms with E-state index in [1.54, 1.807) is 24.3 Å². The first-order valence-corrected chi connectivity index (χ1v) is 5.15. The normalized spacial score (nSPS) is 10.3. The number of carbonyl (C=O) groups excluding carboxylic acids is 1. The minimum atomic E-state index is -0.637. The fourth-order valence-corrected chi connectivity index (χ4v) is 1.46. The number of nitrogens with one attached hydrogen (secondary N) is 1. The van der Waals surface area contributed by atoms with Crippen molar-refractivity contribution in [3.05, 3.63) is 30.0 Å². The Balaban J connectivity index is 2.32. The van der Waals surface area contributed by atoms with Crippen molar-refractivity contribution < 1.29 is 14.3 Å². The zero-order valence-corrected chi connectivity index (χ0v) is 9.71. The average molecular weight is 248 g/mol. The predicted molar refractivity (Wildman–Crippen MR) is 62.8 cm³/mol. The van der Waals surface area contributed by atoms with E-state index in [0.717, 1.165) is 0 Å². The first-order valence-electron chi connectivity index (χ1n) is 5.15. The van der Waals surface area contributed by atoms with Gasteiger partial charge in [-0.15, -0.1) is 0 Å². The molecule has 0 saturated heterocycles. The summed E-state index contributed by atoms with van der Waals surface area (Å²) in [6.45, 7) is 0.144. The number of methoxy groups -OCH3 is 1. The van der Waals surface area contributed by atoms with Crippen molar-refractivity contribution in [2.24, 2.45) is 5.73 Å². The van der Waals surface area contributed by atoms with Gasteiger partial charge in [0.05, 0.1) is 0 Å². The maximum Gasteiger partial charge on any atom is 0.271 e. The van der Waals surface area contributed by atoms with E-state index >= 15 is 0 Å². The van der Waals surface area contributed by atoms with Crippen molar-refractivity contribution in [1.29, 1.82) is 0 Å². The van der Waals surface area contributed by atoms with Gasteiger partial charge in [0.2, 0.25) is 0 Å². The molecule has 2 aromatic rings. The van der Waals surface area contributed by atoms with E-state index in [0.29, 0.717) is 17.0 Å². The molecule has 0 bridgehead atoms. The third kappa shape index (κ3) is 2.46. The molecule has 0 aliphatic rings. The van der Waals surface area contributed by atoms with Crippen LogP contribution in [0.4, 0.5) is 0 Å². The molecule has 7 nitrogen and oxygen atoms in total. The minimum absolute atomic E-state index is 0.0962. The number of aromatic nitrogens is 3. The standard InChI is InChI=1S/C11H12N4O3/c1-17-6-18-8-4-2-3-7(5-8)9-10(11(12)16)14-15-13-9/h2-5H,6H2,1H3,(H2,12,16)(H,13,14,15). The van der Waals surface area contributed by atoms with Crippen molar-refractivity contribution in [1.82, 2.24) is 15.4 Å². The summed E-state index contributed by atoms with van der Waals surface area (Å²) >= 11 is 0. The van der Waals surface area contributed by atoms with Crippen molar-refractivity contribution in [3.8, 4) is 17.0 Å². The Hall–Kier alpha value is -2.41. The molecule has 0 aliphatic carbocycles. The Morgan fingerprint density at radius 1 is 1.44 bits per heavy atom. The highest BCUT2D eigenvalue weighted by molar-refractivity contribution is 5.96. The van der Waals surface area contributed by atoms with Gasteiger partial charge in [-0.1, -0.05) is 12.1 Å². The number of primary amides is 1. The summed E-state index contributed by atoms with van der Waals surface area (Å²) in [4.78, 5) is 11.2. The molecular weight excluding hydrogens is 236 g/mol. The smallest absolute Gasteiger partial charge is 0.271 e. The van der Waals surface area contributed by atoms with Crippen LogP contribution < -0.4 is 10.5 Å². The van der Waals surface area contributed by atoms with Gasteiger partial charge < -0.3 is 15.2 Å². The van der Waals surface area contributed by atoms with E-state index in [-0.39, 0.29) is 12.5 Å². The average Bonchev–Trinajstić information content (AvgIpc) is 2.86. The molecule has 0 saturated carbocycles. The number of hydrogen-bond acceptors (Lipinski definition) is 5.